The molecular formula is C14H21NO5. The number of carbonyl (C=O) groups is 3. The van der Waals surface area contributed by atoms with Crippen LogP contribution in [-0.4, -0.2) is 47.5 Å². The van der Waals surface area contributed by atoms with Gasteiger partial charge < -0.3 is 9.47 Å². The molecule has 0 aromatic heterocycles. The van der Waals surface area contributed by atoms with Crippen LogP contribution < -0.4 is 0 Å². The molecule has 1 amide bonds. The third-order valence-electron chi connectivity index (χ3n) is 4.15. The smallest absolute Gasteiger partial charge is 0.342 e. The SMILES string of the molecule is COC(=O)[C@@]12C(=O)C(C)C(=O)N1[C@@H](C(C)(C)C)O[C@@H]2C. The molecule has 6 heteroatoms. The average molecular weight is 283 g/mol. The number of esters is 1. The Morgan fingerprint density at radius 3 is 2.30 bits per heavy atom. The molecule has 1 unspecified atom stereocenters. The zero-order chi connectivity index (χ0) is 15.5. The van der Waals surface area contributed by atoms with Crippen molar-refractivity contribution in [3.63, 3.8) is 0 Å². The molecule has 0 bridgehead atoms. The highest BCUT2D eigenvalue weighted by Gasteiger charge is 2.72. The molecule has 2 aliphatic rings. The number of carbonyl (C=O) groups excluding carboxylic acids is 3. The minimum absolute atomic E-state index is 0.371. The minimum Gasteiger partial charge on any atom is -0.467 e. The predicted octanol–water partition coefficient (Wildman–Crippen LogP) is 0.736. The molecule has 112 valence electrons. The molecule has 0 spiro atoms. The van der Waals surface area contributed by atoms with Crippen LogP contribution in [-0.2, 0) is 23.9 Å². The summed E-state index contributed by atoms with van der Waals surface area (Å²) in [6.07, 6.45) is -1.35. The van der Waals surface area contributed by atoms with Crippen molar-refractivity contribution in [3.05, 3.63) is 0 Å². The summed E-state index contributed by atoms with van der Waals surface area (Å²) in [5.74, 6) is -2.37. The second kappa shape index (κ2) is 4.28. The first-order valence-corrected chi connectivity index (χ1v) is 6.71. The normalized spacial score (nSPS) is 37.3. The molecular weight excluding hydrogens is 262 g/mol. The van der Waals surface area contributed by atoms with E-state index in [-0.39, 0.29) is 5.91 Å². The van der Waals surface area contributed by atoms with E-state index in [0.29, 0.717) is 0 Å². The first-order chi connectivity index (χ1) is 9.10. The maximum atomic E-state index is 12.6. The molecule has 2 aliphatic heterocycles. The Morgan fingerprint density at radius 2 is 1.85 bits per heavy atom. The van der Waals surface area contributed by atoms with Gasteiger partial charge in [-0.05, 0) is 13.8 Å². The van der Waals surface area contributed by atoms with Crippen LogP contribution in [0.5, 0.6) is 0 Å². The van der Waals surface area contributed by atoms with Crippen molar-refractivity contribution in [2.24, 2.45) is 11.3 Å². The van der Waals surface area contributed by atoms with E-state index in [1.165, 1.54) is 18.9 Å². The second-order valence-corrected chi connectivity index (χ2v) is 6.55. The molecule has 6 nitrogen and oxygen atoms in total. The van der Waals surface area contributed by atoms with Crippen LogP contribution in [0.3, 0.4) is 0 Å². The standard InChI is InChI=1S/C14H21NO5/c1-7-9(16)14(12(18)19-6)8(2)20-11(13(3,4)5)15(14)10(7)17/h7-8,11H,1-6H3/t7?,8-,11-,14-/m1/s1. The second-order valence-electron chi connectivity index (χ2n) is 6.55. The summed E-state index contributed by atoms with van der Waals surface area (Å²) >= 11 is 0. The molecule has 2 rings (SSSR count). The van der Waals surface area contributed by atoms with E-state index in [9.17, 15) is 14.4 Å². The summed E-state index contributed by atoms with van der Waals surface area (Å²) in [4.78, 5) is 38.6. The van der Waals surface area contributed by atoms with E-state index in [2.05, 4.69) is 0 Å². The summed E-state index contributed by atoms with van der Waals surface area (Å²) in [6, 6.07) is 0. The Labute approximate surface area is 118 Å². The van der Waals surface area contributed by atoms with Crippen molar-refractivity contribution >= 4 is 17.7 Å². The van der Waals surface area contributed by atoms with Gasteiger partial charge in [0.05, 0.1) is 19.1 Å². The molecule has 0 aromatic carbocycles. The topological polar surface area (TPSA) is 72.9 Å². The fourth-order valence-corrected chi connectivity index (χ4v) is 3.10. The fraction of sp³-hybridized carbons (Fsp3) is 0.786. The number of amides is 1. The van der Waals surface area contributed by atoms with Crippen molar-refractivity contribution in [2.45, 2.75) is 52.5 Å². The van der Waals surface area contributed by atoms with Gasteiger partial charge in [-0.2, -0.15) is 0 Å². The van der Waals surface area contributed by atoms with Crippen LogP contribution in [0.25, 0.3) is 0 Å². The van der Waals surface area contributed by atoms with Gasteiger partial charge in [0.2, 0.25) is 11.4 Å². The third-order valence-corrected chi connectivity index (χ3v) is 4.15. The largest absolute Gasteiger partial charge is 0.467 e. The minimum atomic E-state index is -1.64. The highest BCUT2D eigenvalue weighted by atomic mass is 16.6. The van der Waals surface area contributed by atoms with Gasteiger partial charge in [-0.3, -0.25) is 14.5 Å². The van der Waals surface area contributed by atoms with Crippen LogP contribution in [0, 0.1) is 11.3 Å². The average Bonchev–Trinajstić information content (AvgIpc) is 2.78. The van der Waals surface area contributed by atoms with Crippen LogP contribution in [0.2, 0.25) is 0 Å². The van der Waals surface area contributed by atoms with Gasteiger partial charge in [0, 0.05) is 5.41 Å². The molecule has 4 atom stereocenters. The Kier molecular flexibility index (Phi) is 3.20. The summed E-state index contributed by atoms with van der Waals surface area (Å²) in [7, 11) is 1.22. The molecule has 0 saturated carbocycles. The van der Waals surface area contributed by atoms with E-state index in [1.54, 1.807) is 6.92 Å². The van der Waals surface area contributed by atoms with Gasteiger partial charge in [0.25, 0.3) is 0 Å². The third kappa shape index (κ3) is 1.57. The van der Waals surface area contributed by atoms with Crippen molar-refractivity contribution in [1.82, 2.24) is 4.90 Å². The maximum absolute atomic E-state index is 12.6. The zero-order valence-corrected chi connectivity index (χ0v) is 12.7. The van der Waals surface area contributed by atoms with E-state index < -0.39 is 41.0 Å². The quantitative estimate of drug-likeness (QED) is 0.524. The van der Waals surface area contributed by atoms with Gasteiger partial charge in [0.1, 0.15) is 6.23 Å². The van der Waals surface area contributed by atoms with Crippen molar-refractivity contribution in [3.8, 4) is 0 Å². The number of ketones is 1. The molecule has 2 heterocycles. The lowest BCUT2D eigenvalue weighted by Crippen LogP contribution is -2.60. The lowest BCUT2D eigenvalue weighted by molar-refractivity contribution is -0.160. The Balaban J connectivity index is 2.63. The summed E-state index contributed by atoms with van der Waals surface area (Å²) in [5, 5.41) is 0. The number of methoxy groups -OCH3 is 1. The molecule has 0 radical (unpaired) electrons. The number of rotatable bonds is 1. The van der Waals surface area contributed by atoms with Gasteiger partial charge >= 0.3 is 5.97 Å². The van der Waals surface area contributed by atoms with Gasteiger partial charge in [-0.25, -0.2) is 4.79 Å². The first kappa shape index (κ1) is 15.0. The Bertz CT molecular complexity index is 480. The number of hydrogen-bond donors (Lipinski definition) is 0. The fourth-order valence-electron chi connectivity index (χ4n) is 3.10. The molecule has 2 fully saturated rings. The monoisotopic (exact) mass is 283 g/mol. The molecule has 20 heavy (non-hydrogen) atoms. The van der Waals surface area contributed by atoms with Crippen LogP contribution in [0.1, 0.15) is 34.6 Å². The lowest BCUT2D eigenvalue weighted by Gasteiger charge is -2.35. The Morgan fingerprint density at radius 1 is 1.30 bits per heavy atom. The summed E-state index contributed by atoms with van der Waals surface area (Å²) in [6.45, 7) is 8.87. The molecule has 0 N–H and O–H groups in total. The van der Waals surface area contributed by atoms with Crippen LogP contribution >= 0.6 is 0 Å². The highest BCUT2D eigenvalue weighted by Crippen LogP contribution is 2.47. The number of hydrogen-bond acceptors (Lipinski definition) is 5. The number of ether oxygens (including phenoxy) is 2. The Hall–Kier alpha value is -1.43. The number of fused-ring (bicyclic) bond motifs is 1. The van der Waals surface area contributed by atoms with Crippen molar-refractivity contribution in [2.75, 3.05) is 7.11 Å². The molecule has 0 aromatic rings. The van der Waals surface area contributed by atoms with E-state index >= 15 is 0 Å². The first-order valence-electron chi connectivity index (χ1n) is 6.71. The van der Waals surface area contributed by atoms with E-state index in [0.717, 1.165) is 0 Å². The number of nitrogens with zero attached hydrogens (tertiary/aromatic N) is 1. The lowest BCUT2D eigenvalue weighted by atomic mass is 9.86. The maximum Gasteiger partial charge on any atom is 0.342 e. The van der Waals surface area contributed by atoms with Crippen LogP contribution in [0.15, 0.2) is 0 Å². The van der Waals surface area contributed by atoms with Gasteiger partial charge in [-0.15, -0.1) is 0 Å². The molecule has 0 aliphatic carbocycles. The summed E-state index contributed by atoms with van der Waals surface area (Å²) in [5.41, 5.74) is -2.05. The number of Topliss-reactive ketones (excluding diaryl/α,β-unsaturated/α-hetero) is 1. The van der Waals surface area contributed by atoms with Crippen molar-refractivity contribution < 1.29 is 23.9 Å². The zero-order valence-electron chi connectivity index (χ0n) is 12.7. The predicted molar refractivity (Wildman–Crippen MR) is 69.6 cm³/mol. The van der Waals surface area contributed by atoms with Gasteiger partial charge in [0.15, 0.2) is 5.78 Å². The van der Waals surface area contributed by atoms with Gasteiger partial charge in [-0.1, -0.05) is 20.8 Å². The molecule has 2 saturated heterocycles. The van der Waals surface area contributed by atoms with Crippen molar-refractivity contribution in [1.29, 1.82) is 0 Å². The van der Waals surface area contributed by atoms with E-state index in [1.807, 2.05) is 20.8 Å². The summed E-state index contributed by atoms with van der Waals surface area (Å²) < 4.78 is 10.6. The highest BCUT2D eigenvalue weighted by molar-refractivity contribution is 6.23. The van der Waals surface area contributed by atoms with Crippen LogP contribution in [0.4, 0.5) is 0 Å². The van der Waals surface area contributed by atoms with E-state index in [4.69, 9.17) is 9.47 Å².